The van der Waals surface area contributed by atoms with Crippen molar-refractivity contribution in [2.24, 2.45) is 7.05 Å². The highest BCUT2D eigenvalue weighted by Gasteiger charge is 2.04. The van der Waals surface area contributed by atoms with Crippen LogP contribution in [0, 0.1) is 6.92 Å². The summed E-state index contributed by atoms with van der Waals surface area (Å²) in [6, 6.07) is 0.486. The second-order valence-electron chi connectivity index (χ2n) is 3.72. The maximum Gasteiger partial charge on any atom is 0.0537 e. The van der Waals surface area contributed by atoms with Crippen molar-refractivity contribution in [1.82, 2.24) is 20.4 Å². The van der Waals surface area contributed by atoms with Crippen LogP contribution in [0.15, 0.2) is 6.20 Å². The van der Waals surface area contributed by atoms with Gasteiger partial charge in [0.25, 0.3) is 0 Å². The zero-order valence-electron chi connectivity index (χ0n) is 9.46. The number of hydrogen-bond donors (Lipinski definition) is 2. The van der Waals surface area contributed by atoms with Crippen molar-refractivity contribution in [1.29, 1.82) is 0 Å². The SMILES string of the molecule is CNCC(C)NCc1cnn(C)c1C. The summed E-state index contributed by atoms with van der Waals surface area (Å²) in [5.74, 6) is 0. The molecule has 0 aliphatic carbocycles. The molecule has 0 amide bonds. The molecule has 0 radical (unpaired) electrons. The van der Waals surface area contributed by atoms with E-state index in [9.17, 15) is 0 Å². The summed E-state index contributed by atoms with van der Waals surface area (Å²) in [5, 5.41) is 10.8. The topological polar surface area (TPSA) is 41.9 Å². The minimum Gasteiger partial charge on any atom is -0.318 e. The summed E-state index contributed by atoms with van der Waals surface area (Å²) in [7, 11) is 3.93. The van der Waals surface area contributed by atoms with E-state index in [0.29, 0.717) is 6.04 Å². The van der Waals surface area contributed by atoms with E-state index < -0.39 is 0 Å². The number of aryl methyl sites for hydroxylation is 1. The Morgan fingerprint density at radius 3 is 2.79 bits per heavy atom. The van der Waals surface area contributed by atoms with Gasteiger partial charge in [0.15, 0.2) is 0 Å². The lowest BCUT2D eigenvalue weighted by atomic mass is 10.2. The summed E-state index contributed by atoms with van der Waals surface area (Å²) in [6.45, 7) is 6.14. The van der Waals surface area contributed by atoms with Gasteiger partial charge < -0.3 is 10.6 Å². The van der Waals surface area contributed by atoms with Crippen LogP contribution < -0.4 is 10.6 Å². The molecule has 2 N–H and O–H groups in total. The molecule has 0 saturated heterocycles. The van der Waals surface area contributed by atoms with Crippen molar-refractivity contribution in [2.45, 2.75) is 26.4 Å². The molecule has 1 aromatic rings. The lowest BCUT2D eigenvalue weighted by molar-refractivity contribution is 0.522. The van der Waals surface area contributed by atoms with E-state index in [2.05, 4.69) is 29.6 Å². The Hall–Kier alpha value is -0.870. The molecule has 4 nitrogen and oxygen atoms in total. The molecule has 1 atom stereocenters. The van der Waals surface area contributed by atoms with Gasteiger partial charge in [0.2, 0.25) is 0 Å². The van der Waals surface area contributed by atoms with Gasteiger partial charge in [0, 0.05) is 37.4 Å². The van der Waals surface area contributed by atoms with E-state index >= 15 is 0 Å². The molecule has 80 valence electrons. The fraction of sp³-hybridized carbons (Fsp3) is 0.700. The predicted molar refractivity (Wildman–Crippen MR) is 58.2 cm³/mol. The summed E-state index contributed by atoms with van der Waals surface area (Å²) >= 11 is 0. The summed E-state index contributed by atoms with van der Waals surface area (Å²) in [4.78, 5) is 0. The Balaban J connectivity index is 2.41. The number of nitrogens with one attached hydrogen (secondary N) is 2. The highest BCUT2D eigenvalue weighted by Crippen LogP contribution is 2.04. The number of aromatic nitrogens is 2. The van der Waals surface area contributed by atoms with Crippen LogP contribution in [0.5, 0.6) is 0 Å². The first-order chi connectivity index (χ1) is 6.65. The van der Waals surface area contributed by atoms with Crippen LogP contribution in [0.1, 0.15) is 18.2 Å². The fourth-order valence-electron chi connectivity index (χ4n) is 1.38. The minimum absolute atomic E-state index is 0.486. The van der Waals surface area contributed by atoms with E-state index in [1.807, 2.05) is 25.0 Å². The first-order valence-electron chi connectivity index (χ1n) is 5.00. The Labute approximate surface area is 85.7 Å². The first kappa shape index (κ1) is 11.2. The molecule has 0 bridgehead atoms. The molecule has 0 aliphatic rings. The van der Waals surface area contributed by atoms with Crippen molar-refractivity contribution < 1.29 is 0 Å². The summed E-state index contributed by atoms with van der Waals surface area (Å²) in [5.41, 5.74) is 2.50. The third-order valence-electron chi connectivity index (χ3n) is 2.49. The van der Waals surface area contributed by atoms with E-state index in [4.69, 9.17) is 0 Å². The molecule has 0 saturated carbocycles. The molecular weight excluding hydrogens is 176 g/mol. The highest BCUT2D eigenvalue weighted by molar-refractivity contribution is 5.15. The zero-order valence-corrected chi connectivity index (χ0v) is 9.46. The lowest BCUT2D eigenvalue weighted by Crippen LogP contribution is -2.34. The van der Waals surface area contributed by atoms with Crippen LogP contribution in [-0.2, 0) is 13.6 Å². The number of rotatable bonds is 5. The molecule has 1 heterocycles. The van der Waals surface area contributed by atoms with Crippen LogP contribution in [0.4, 0.5) is 0 Å². The molecule has 1 aromatic heterocycles. The Kier molecular flexibility index (Phi) is 4.10. The van der Waals surface area contributed by atoms with Crippen molar-refractivity contribution in [3.05, 3.63) is 17.5 Å². The standard InChI is InChI=1S/C10H20N4/c1-8(5-11-3)12-6-10-7-13-14(4)9(10)2/h7-8,11-12H,5-6H2,1-4H3. The van der Waals surface area contributed by atoms with Crippen LogP contribution in [0.3, 0.4) is 0 Å². The zero-order chi connectivity index (χ0) is 10.6. The predicted octanol–water partition coefficient (Wildman–Crippen LogP) is 0.426. The normalized spacial score (nSPS) is 13.1. The van der Waals surface area contributed by atoms with E-state index in [-0.39, 0.29) is 0 Å². The van der Waals surface area contributed by atoms with Gasteiger partial charge in [-0.3, -0.25) is 4.68 Å². The van der Waals surface area contributed by atoms with Gasteiger partial charge in [-0.15, -0.1) is 0 Å². The van der Waals surface area contributed by atoms with Crippen molar-refractivity contribution in [3.8, 4) is 0 Å². The second kappa shape index (κ2) is 5.12. The van der Waals surface area contributed by atoms with E-state index in [0.717, 1.165) is 13.1 Å². The maximum absolute atomic E-state index is 4.20. The molecule has 0 aliphatic heterocycles. The Morgan fingerprint density at radius 2 is 2.29 bits per heavy atom. The molecule has 0 spiro atoms. The fourth-order valence-corrected chi connectivity index (χ4v) is 1.38. The van der Waals surface area contributed by atoms with E-state index in [1.165, 1.54) is 11.3 Å². The Bertz CT molecular complexity index is 280. The van der Waals surface area contributed by atoms with Crippen molar-refractivity contribution >= 4 is 0 Å². The highest BCUT2D eigenvalue weighted by atomic mass is 15.3. The molecule has 14 heavy (non-hydrogen) atoms. The summed E-state index contributed by atoms with van der Waals surface area (Å²) in [6.07, 6.45) is 1.93. The van der Waals surface area contributed by atoms with Gasteiger partial charge in [-0.05, 0) is 20.9 Å². The van der Waals surface area contributed by atoms with Gasteiger partial charge in [0.05, 0.1) is 6.20 Å². The van der Waals surface area contributed by atoms with Crippen molar-refractivity contribution in [2.75, 3.05) is 13.6 Å². The smallest absolute Gasteiger partial charge is 0.0537 e. The molecule has 1 rings (SSSR count). The average Bonchev–Trinajstić information content (AvgIpc) is 2.46. The van der Waals surface area contributed by atoms with E-state index in [1.54, 1.807) is 0 Å². The second-order valence-corrected chi connectivity index (χ2v) is 3.72. The molecule has 4 heteroatoms. The van der Waals surface area contributed by atoms with Gasteiger partial charge >= 0.3 is 0 Å². The van der Waals surface area contributed by atoms with Crippen LogP contribution in [0.2, 0.25) is 0 Å². The average molecular weight is 196 g/mol. The minimum atomic E-state index is 0.486. The number of nitrogens with zero attached hydrogens (tertiary/aromatic N) is 2. The summed E-state index contributed by atoms with van der Waals surface area (Å²) < 4.78 is 1.90. The molecule has 1 unspecified atom stereocenters. The van der Waals surface area contributed by atoms with Gasteiger partial charge in [-0.25, -0.2) is 0 Å². The van der Waals surface area contributed by atoms with Gasteiger partial charge in [-0.1, -0.05) is 0 Å². The lowest BCUT2D eigenvalue weighted by Gasteiger charge is -2.12. The van der Waals surface area contributed by atoms with Crippen molar-refractivity contribution in [3.63, 3.8) is 0 Å². The third kappa shape index (κ3) is 2.82. The van der Waals surface area contributed by atoms with Crippen LogP contribution in [-0.4, -0.2) is 29.4 Å². The van der Waals surface area contributed by atoms with Gasteiger partial charge in [0.1, 0.15) is 0 Å². The maximum atomic E-state index is 4.20. The van der Waals surface area contributed by atoms with Crippen LogP contribution >= 0.6 is 0 Å². The molecule has 0 fully saturated rings. The quantitative estimate of drug-likeness (QED) is 0.717. The number of likely N-dealkylation sites (N-methyl/N-ethyl adjacent to an activating group) is 1. The van der Waals surface area contributed by atoms with Gasteiger partial charge in [-0.2, -0.15) is 5.10 Å². The number of hydrogen-bond acceptors (Lipinski definition) is 3. The van der Waals surface area contributed by atoms with Crippen LogP contribution in [0.25, 0.3) is 0 Å². The Morgan fingerprint density at radius 1 is 1.57 bits per heavy atom. The largest absolute Gasteiger partial charge is 0.318 e. The first-order valence-corrected chi connectivity index (χ1v) is 5.00. The molecule has 0 aromatic carbocycles. The molecular formula is C10H20N4. The third-order valence-corrected chi connectivity index (χ3v) is 2.49. The monoisotopic (exact) mass is 196 g/mol.